The minimum Gasteiger partial charge on any atom is -0.356 e. The van der Waals surface area contributed by atoms with E-state index in [0.717, 1.165) is 11.8 Å². The van der Waals surface area contributed by atoms with Gasteiger partial charge in [0, 0.05) is 17.8 Å². The molecule has 0 aromatic heterocycles. The molecule has 2 saturated carbocycles. The standard InChI is InChI=1S/C15H23BrF3NO/c16-8-11-4-1-5-12(11)9-20-14(21)10-3-2-6-13(7-10)15(17,18)19/h10-13H,1-9H2,(H,20,21). The zero-order chi connectivity index (χ0) is 15.5. The molecule has 0 aliphatic heterocycles. The zero-order valence-electron chi connectivity index (χ0n) is 12.1. The summed E-state index contributed by atoms with van der Waals surface area (Å²) in [4.78, 5) is 12.1. The molecule has 4 atom stereocenters. The summed E-state index contributed by atoms with van der Waals surface area (Å²) >= 11 is 3.49. The highest BCUT2D eigenvalue weighted by Crippen LogP contribution is 2.40. The average molecular weight is 370 g/mol. The molecule has 2 rings (SSSR count). The van der Waals surface area contributed by atoms with E-state index in [1.54, 1.807) is 0 Å². The van der Waals surface area contributed by atoms with Gasteiger partial charge in [-0.25, -0.2) is 0 Å². The first kappa shape index (κ1) is 17.1. The van der Waals surface area contributed by atoms with Crippen molar-refractivity contribution in [3.8, 4) is 0 Å². The summed E-state index contributed by atoms with van der Waals surface area (Å²) in [7, 11) is 0. The topological polar surface area (TPSA) is 29.1 Å². The van der Waals surface area contributed by atoms with Crippen LogP contribution in [0.2, 0.25) is 0 Å². The van der Waals surface area contributed by atoms with E-state index >= 15 is 0 Å². The molecule has 21 heavy (non-hydrogen) atoms. The van der Waals surface area contributed by atoms with Crippen molar-refractivity contribution < 1.29 is 18.0 Å². The molecule has 0 spiro atoms. The fourth-order valence-electron chi connectivity index (χ4n) is 3.69. The summed E-state index contributed by atoms with van der Waals surface area (Å²) in [6, 6.07) is 0. The van der Waals surface area contributed by atoms with Gasteiger partial charge < -0.3 is 5.32 Å². The number of carbonyl (C=O) groups excluding carboxylic acids is 1. The molecule has 2 aliphatic carbocycles. The van der Waals surface area contributed by atoms with Crippen molar-refractivity contribution in [2.75, 3.05) is 11.9 Å². The fraction of sp³-hybridized carbons (Fsp3) is 0.933. The minimum atomic E-state index is -4.16. The van der Waals surface area contributed by atoms with E-state index in [2.05, 4.69) is 21.2 Å². The van der Waals surface area contributed by atoms with Crippen LogP contribution in [-0.4, -0.2) is 24.0 Å². The number of nitrogens with one attached hydrogen (secondary N) is 1. The molecule has 0 saturated heterocycles. The van der Waals surface area contributed by atoms with E-state index in [9.17, 15) is 18.0 Å². The second-order valence-electron chi connectivity index (χ2n) is 6.45. The van der Waals surface area contributed by atoms with Crippen LogP contribution in [0, 0.1) is 23.7 Å². The smallest absolute Gasteiger partial charge is 0.356 e. The monoisotopic (exact) mass is 369 g/mol. The van der Waals surface area contributed by atoms with Crippen molar-refractivity contribution >= 4 is 21.8 Å². The van der Waals surface area contributed by atoms with Crippen LogP contribution < -0.4 is 5.32 Å². The lowest BCUT2D eigenvalue weighted by molar-refractivity contribution is -0.186. The first-order valence-corrected chi connectivity index (χ1v) is 8.94. The molecule has 4 unspecified atom stereocenters. The predicted octanol–water partition coefficient (Wildman–Crippen LogP) is 4.28. The van der Waals surface area contributed by atoms with Crippen molar-refractivity contribution in [1.29, 1.82) is 0 Å². The van der Waals surface area contributed by atoms with Crippen molar-refractivity contribution in [2.24, 2.45) is 23.7 Å². The molecule has 122 valence electrons. The lowest BCUT2D eigenvalue weighted by Gasteiger charge is -2.30. The van der Waals surface area contributed by atoms with E-state index in [1.165, 1.54) is 12.8 Å². The van der Waals surface area contributed by atoms with E-state index < -0.39 is 18.0 Å². The Morgan fingerprint density at radius 2 is 1.76 bits per heavy atom. The number of carbonyl (C=O) groups is 1. The summed E-state index contributed by atoms with van der Waals surface area (Å²) in [5.74, 6) is -0.892. The second-order valence-corrected chi connectivity index (χ2v) is 7.10. The van der Waals surface area contributed by atoms with Gasteiger partial charge in [0.15, 0.2) is 0 Å². The Balaban J connectivity index is 1.80. The normalized spacial score (nSPS) is 33.9. The number of hydrogen-bond acceptors (Lipinski definition) is 1. The van der Waals surface area contributed by atoms with Crippen LogP contribution in [0.4, 0.5) is 13.2 Å². The summed E-state index contributed by atoms with van der Waals surface area (Å²) in [6.07, 6.45) is 0.504. The van der Waals surface area contributed by atoms with E-state index in [0.29, 0.717) is 31.2 Å². The molecular weight excluding hydrogens is 347 g/mol. The molecule has 0 bridgehead atoms. The highest BCUT2D eigenvalue weighted by Gasteiger charge is 2.43. The third-order valence-electron chi connectivity index (χ3n) is 5.06. The third kappa shape index (κ3) is 4.60. The van der Waals surface area contributed by atoms with Crippen LogP contribution in [0.1, 0.15) is 44.9 Å². The fourth-order valence-corrected chi connectivity index (χ4v) is 4.54. The summed E-state index contributed by atoms with van der Waals surface area (Å²) in [5, 5.41) is 3.84. The Morgan fingerprint density at radius 3 is 2.43 bits per heavy atom. The Kier molecular flexibility index (Phi) is 5.97. The summed E-state index contributed by atoms with van der Waals surface area (Å²) in [6.45, 7) is 0.613. The molecule has 0 aromatic carbocycles. The summed E-state index contributed by atoms with van der Waals surface area (Å²) < 4.78 is 38.3. The Morgan fingerprint density at radius 1 is 1.10 bits per heavy atom. The molecular formula is C15H23BrF3NO. The van der Waals surface area contributed by atoms with Gasteiger partial charge in [0.25, 0.3) is 0 Å². The first-order valence-electron chi connectivity index (χ1n) is 7.82. The molecule has 1 N–H and O–H groups in total. The van der Waals surface area contributed by atoms with Crippen molar-refractivity contribution in [2.45, 2.75) is 51.1 Å². The number of halogens is 4. The molecule has 1 amide bonds. The average Bonchev–Trinajstić information content (AvgIpc) is 2.91. The lowest BCUT2D eigenvalue weighted by atomic mass is 9.80. The van der Waals surface area contributed by atoms with Crippen LogP contribution in [-0.2, 0) is 4.79 Å². The molecule has 2 nitrogen and oxygen atoms in total. The van der Waals surface area contributed by atoms with Gasteiger partial charge in [0.05, 0.1) is 5.92 Å². The minimum absolute atomic E-state index is 0.0398. The van der Waals surface area contributed by atoms with Gasteiger partial charge in [-0.3, -0.25) is 4.79 Å². The quantitative estimate of drug-likeness (QED) is 0.736. The van der Waals surface area contributed by atoms with Crippen molar-refractivity contribution in [3.05, 3.63) is 0 Å². The molecule has 0 heterocycles. The SMILES string of the molecule is O=C(NCC1CCCC1CBr)C1CCCC(C(F)(F)F)C1. The lowest BCUT2D eigenvalue weighted by Crippen LogP contribution is -2.39. The zero-order valence-corrected chi connectivity index (χ0v) is 13.7. The number of alkyl halides is 4. The van der Waals surface area contributed by atoms with Gasteiger partial charge >= 0.3 is 6.18 Å². The van der Waals surface area contributed by atoms with Gasteiger partial charge in [-0.2, -0.15) is 13.2 Å². The highest BCUT2D eigenvalue weighted by molar-refractivity contribution is 9.09. The second kappa shape index (κ2) is 7.34. The van der Waals surface area contributed by atoms with Crippen LogP contribution >= 0.6 is 15.9 Å². The highest BCUT2D eigenvalue weighted by atomic mass is 79.9. The van der Waals surface area contributed by atoms with Crippen LogP contribution in [0.3, 0.4) is 0 Å². The summed E-state index contributed by atoms with van der Waals surface area (Å²) in [5.41, 5.74) is 0. The molecule has 2 aliphatic rings. The Hall–Kier alpha value is -0.260. The van der Waals surface area contributed by atoms with Crippen LogP contribution in [0.15, 0.2) is 0 Å². The largest absolute Gasteiger partial charge is 0.391 e. The number of hydrogen-bond donors (Lipinski definition) is 1. The maximum Gasteiger partial charge on any atom is 0.391 e. The molecule has 6 heteroatoms. The van der Waals surface area contributed by atoms with Crippen molar-refractivity contribution in [3.63, 3.8) is 0 Å². The maximum absolute atomic E-state index is 12.8. The Labute approximate surface area is 132 Å². The van der Waals surface area contributed by atoms with Crippen LogP contribution in [0.25, 0.3) is 0 Å². The number of rotatable bonds is 4. The van der Waals surface area contributed by atoms with Gasteiger partial charge in [-0.1, -0.05) is 28.8 Å². The van der Waals surface area contributed by atoms with Gasteiger partial charge in [-0.15, -0.1) is 0 Å². The Bertz CT molecular complexity index is 361. The van der Waals surface area contributed by atoms with Crippen LogP contribution in [0.5, 0.6) is 0 Å². The molecule has 0 aromatic rings. The molecule has 0 radical (unpaired) electrons. The molecule has 2 fully saturated rings. The number of amides is 1. The van der Waals surface area contributed by atoms with Gasteiger partial charge in [-0.05, 0) is 43.9 Å². The third-order valence-corrected chi connectivity index (χ3v) is 5.89. The predicted molar refractivity (Wildman–Crippen MR) is 79.1 cm³/mol. The van der Waals surface area contributed by atoms with Gasteiger partial charge in [0.2, 0.25) is 5.91 Å². The van der Waals surface area contributed by atoms with Gasteiger partial charge in [0.1, 0.15) is 0 Å². The maximum atomic E-state index is 12.8. The van der Waals surface area contributed by atoms with E-state index in [-0.39, 0.29) is 18.7 Å². The van der Waals surface area contributed by atoms with E-state index in [1.807, 2.05) is 0 Å². The van der Waals surface area contributed by atoms with Crippen molar-refractivity contribution in [1.82, 2.24) is 5.32 Å². The first-order chi connectivity index (χ1) is 9.91. The van der Waals surface area contributed by atoms with E-state index in [4.69, 9.17) is 0 Å².